The number of hydrogen-bond acceptors (Lipinski definition) is 3. The van der Waals surface area contributed by atoms with E-state index < -0.39 is 5.97 Å². The normalized spacial score (nSPS) is 10.8. The molecule has 1 N–H and O–H groups in total. The van der Waals surface area contributed by atoms with Crippen molar-refractivity contribution >= 4 is 22.8 Å². The van der Waals surface area contributed by atoms with E-state index in [-0.39, 0.29) is 17.9 Å². The molecule has 0 aliphatic heterocycles. The minimum atomic E-state index is -0.966. The lowest BCUT2D eigenvalue weighted by atomic mass is 10.1. The van der Waals surface area contributed by atoms with Gasteiger partial charge >= 0.3 is 5.97 Å². The van der Waals surface area contributed by atoms with E-state index in [1.54, 1.807) is 35.4 Å². The van der Waals surface area contributed by atoms with E-state index in [4.69, 9.17) is 9.52 Å². The van der Waals surface area contributed by atoms with Crippen LogP contribution in [-0.2, 0) is 24.3 Å². The number of fused-ring (bicyclic) bond motifs is 1. The molecule has 4 aromatic rings. The molecule has 0 spiro atoms. The molecule has 0 bridgehead atoms. The fourth-order valence-electron chi connectivity index (χ4n) is 3.40. The number of amides is 1. The van der Waals surface area contributed by atoms with Crippen LogP contribution in [-0.4, -0.2) is 21.9 Å². The second-order valence-corrected chi connectivity index (χ2v) is 7.21. The van der Waals surface area contributed by atoms with E-state index in [9.17, 15) is 9.59 Å². The maximum absolute atomic E-state index is 13.2. The highest BCUT2D eigenvalue weighted by Gasteiger charge is 2.16. The molecule has 1 aromatic heterocycles. The molecule has 0 aliphatic carbocycles. The Morgan fingerprint density at radius 3 is 2.17 bits per heavy atom. The molecule has 0 saturated heterocycles. The second kappa shape index (κ2) is 8.66. The Hall–Kier alpha value is -3.86. The molecule has 4 rings (SSSR count). The fourth-order valence-corrected chi connectivity index (χ4v) is 3.40. The van der Waals surface area contributed by atoms with Gasteiger partial charge in [0, 0.05) is 18.5 Å². The number of carboxylic acids is 1. The highest BCUT2D eigenvalue weighted by molar-refractivity contribution is 5.87. The largest absolute Gasteiger partial charge is 0.478 e. The summed E-state index contributed by atoms with van der Waals surface area (Å²) in [6.45, 7) is 0.875. The summed E-state index contributed by atoms with van der Waals surface area (Å²) in [6.07, 6.45) is 1.90. The van der Waals surface area contributed by atoms with Crippen LogP contribution in [0.25, 0.3) is 11.0 Å². The van der Waals surface area contributed by atoms with Crippen molar-refractivity contribution in [3.63, 3.8) is 0 Å². The first kappa shape index (κ1) is 19.5. The van der Waals surface area contributed by atoms with Crippen molar-refractivity contribution in [3.8, 4) is 0 Å². The van der Waals surface area contributed by atoms with Gasteiger partial charge in [0.25, 0.3) is 0 Å². The van der Waals surface area contributed by atoms with E-state index in [0.717, 1.165) is 27.7 Å². The van der Waals surface area contributed by atoms with Crippen molar-refractivity contribution in [1.82, 2.24) is 4.90 Å². The van der Waals surface area contributed by atoms with Gasteiger partial charge in [0.15, 0.2) is 0 Å². The molecule has 0 atom stereocenters. The minimum Gasteiger partial charge on any atom is -0.478 e. The van der Waals surface area contributed by atoms with Crippen LogP contribution in [0.4, 0.5) is 0 Å². The van der Waals surface area contributed by atoms with Crippen LogP contribution in [0.1, 0.15) is 27.0 Å². The van der Waals surface area contributed by atoms with E-state index in [0.29, 0.717) is 13.1 Å². The van der Waals surface area contributed by atoms with Gasteiger partial charge in [-0.1, -0.05) is 54.6 Å². The molecule has 1 amide bonds. The number of carbonyl (C=O) groups excluding carboxylic acids is 1. The zero-order valence-corrected chi connectivity index (χ0v) is 16.3. The third-order valence-corrected chi connectivity index (χ3v) is 5.02. The first-order valence-corrected chi connectivity index (χ1v) is 9.68. The predicted molar refractivity (Wildman–Crippen MR) is 114 cm³/mol. The first-order chi connectivity index (χ1) is 14.6. The summed E-state index contributed by atoms with van der Waals surface area (Å²) in [4.78, 5) is 26.0. The standard InChI is InChI=1S/C25H21NO4/c27-24(15-20-8-9-21-12-13-30-23(21)14-20)26(16-18-4-2-1-3-5-18)17-19-6-10-22(11-7-19)25(28)29/h1-14H,15-17H2,(H,28,29). The second-order valence-electron chi connectivity index (χ2n) is 7.21. The van der Waals surface area contributed by atoms with Crippen LogP contribution in [0, 0.1) is 0 Å². The summed E-state index contributed by atoms with van der Waals surface area (Å²) in [5, 5.41) is 10.1. The third-order valence-electron chi connectivity index (χ3n) is 5.02. The van der Waals surface area contributed by atoms with Gasteiger partial charge in [-0.2, -0.15) is 0 Å². The third kappa shape index (κ3) is 4.58. The van der Waals surface area contributed by atoms with Gasteiger partial charge in [-0.25, -0.2) is 4.79 Å². The van der Waals surface area contributed by atoms with Crippen molar-refractivity contribution in [2.75, 3.05) is 0 Å². The van der Waals surface area contributed by atoms with Crippen molar-refractivity contribution in [2.24, 2.45) is 0 Å². The molecule has 150 valence electrons. The summed E-state index contributed by atoms with van der Waals surface area (Å²) in [5.41, 5.74) is 3.80. The van der Waals surface area contributed by atoms with Crippen LogP contribution >= 0.6 is 0 Å². The van der Waals surface area contributed by atoms with Gasteiger partial charge in [0.05, 0.1) is 18.2 Å². The number of benzene rings is 3. The zero-order chi connectivity index (χ0) is 20.9. The van der Waals surface area contributed by atoms with Crippen molar-refractivity contribution in [2.45, 2.75) is 19.5 Å². The number of carbonyl (C=O) groups is 2. The summed E-state index contributed by atoms with van der Waals surface area (Å²) >= 11 is 0. The molecular formula is C25H21NO4. The number of nitrogens with zero attached hydrogens (tertiary/aromatic N) is 1. The molecule has 0 fully saturated rings. The van der Waals surface area contributed by atoms with Gasteiger partial charge < -0.3 is 14.4 Å². The molecule has 0 unspecified atom stereocenters. The Morgan fingerprint density at radius 2 is 1.47 bits per heavy atom. The van der Waals surface area contributed by atoms with Crippen LogP contribution < -0.4 is 0 Å². The molecule has 5 heteroatoms. The average Bonchev–Trinajstić information content (AvgIpc) is 3.22. The smallest absolute Gasteiger partial charge is 0.335 e. The predicted octanol–water partition coefficient (Wildman–Crippen LogP) is 4.90. The van der Waals surface area contributed by atoms with E-state index in [1.165, 1.54) is 0 Å². The Bertz CT molecular complexity index is 1160. The summed E-state index contributed by atoms with van der Waals surface area (Å²) in [6, 6.07) is 24.1. The van der Waals surface area contributed by atoms with Crippen LogP contribution in [0.5, 0.6) is 0 Å². The van der Waals surface area contributed by atoms with Crippen molar-refractivity contribution in [3.05, 3.63) is 107 Å². The highest BCUT2D eigenvalue weighted by Crippen LogP contribution is 2.19. The maximum atomic E-state index is 13.2. The Labute approximate surface area is 174 Å². The van der Waals surface area contributed by atoms with Crippen LogP contribution in [0.2, 0.25) is 0 Å². The Morgan fingerprint density at radius 1 is 0.800 bits per heavy atom. The Kier molecular flexibility index (Phi) is 5.61. The Balaban J connectivity index is 1.55. The monoisotopic (exact) mass is 399 g/mol. The zero-order valence-electron chi connectivity index (χ0n) is 16.3. The maximum Gasteiger partial charge on any atom is 0.335 e. The first-order valence-electron chi connectivity index (χ1n) is 9.68. The van der Waals surface area contributed by atoms with Crippen molar-refractivity contribution < 1.29 is 19.1 Å². The molecular weight excluding hydrogens is 378 g/mol. The van der Waals surface area contributed by atoms with E-state index in [2.05, 4.69) is 0 Å². The SMILES string of the molecule is O=C(O)c1ccc(CN(Cc2ccccc2)C(=O)Cc2ccc3ccoc3c2)cc1. The van der Waals surface area contributed by atoms with Gasteiger partial charge in [-0.15, -0.1) is 0 Å². The van der Waals surface area contributed by atoms with Gasteiger partial charge in [0.1, 0.15) is 5.58 Å². The van der Waals surface area contributed by atoms with Gasteiger partial charge in [-0.3, -0.25) is 4.79 Å². The number of rotatable bonds is 7. The molecule has 0 radical (unpaired) electrons. The number of aromatic carboxylic acids is 1. The number of hydrogen-bond donors (Lipinski definition) is 1. The molecule has 5 nitrogen and oxygen atoms in total. The molecule has 0 aliphatic rings. The summed E-state index contributed by atoms with van der Waals surface area (Å²) in [7, 11) is 0. The fraction of sp³-hybridized carbons (Fsp3) is 0.120. The quantitative estimate of drug-likeness (QED) is 0.480. The van der Waals surface area contributed by atoms with E-state index >= 15 is 0 Å². The lowest BCUT2D eigenvalue weighted by molar-refractivity contribution is -0.131. The minimum absolute atomic E-state index is 0.00734. The lowest BCUT2D eigenvalue weighted by Crippen LogP contribution is -2.31. The van der Waals surface area contributed by atoms with Crippen LogP contribution in [0.15, 0.2) is 89.5 Å². The molecule has 0 saturated carbocycles. The topological polar surface area (TPSA) is 70.8 Å². The van der Waals surface area contributed by atoms with Crippen molar-refractivity contribution in [1.29, 1.82) is 0 Å². The molecule has 1 heterocycles. The van der Waals surface area contributed by atoms with E-state index in [1.807, 2.05) is 54.6 Å². The summed E-state index contributed by atoms with van der Waals surface area (Å²) < 4.78 is 5.45. The van der Waals surface area contributed by atoms with Gasteiger partial charge in [0.2, 0.25) is 5.91 Å². The number of carboxylic acid groups (broad SMARTS) is 1. The van der Waals surface area contributed by atoms with Gasteiger partial charge in [-0.05, 0) is 41.0 Å². The lowest BCUT2D eigenvalue weighted by Gasteiger charge is -2.23. The van der Waals surface area contributed by atoms with Crippen LogP contribution in [0.3, 0.4) is 0 Å². The number of furan rings is 1. The molecule has 3 aromatic carbocycles. The molecule has 30 heavy (non-hydrogen) atoms. The highest BCUT2D eigenvalue weighted by atomic mass is 16.4. The summed E-state index contributed by atoms with van der Waals surface area (Å²) in [5.74, 6) is -0.973. The average molecular weight is 399 g/mol.